The zero-order chi connectivity index (χ0) is 23.1. The van der Waals surface area contributed by atoms with Gasteiger partial charge < -0.3 is 15.0 Å². The molecule has 0 fully saturated rings. The summed E-state index contributed by atoms with van der Waals surface area (Å²) in [4.78, 5) is 26.8. The van der Waals surface area contributed by atoms with Gasteiger partial charge in [-0.15, -0.1) is 0 Å². The number of nitriles is 1. The second-order valence-electron chi connectivity index (χ2n) is 7.10. The molecule has 8 heteroatoms. The Labute approximate surface area is 192 Å². The van der Waals surface area contributed by atoms with Crippen LogP contribution in [0.15, 0.2) is 48.0 Å². The molecule has 2 rings (SSSR count). The first-order valence-electron chi connectivity index (χ1n) is 9.48. The normalized spacial score (nSPS) is 13.0. The van der Waals surface area contributed by atoms with Gasteiger partial charge in [-0.1, -0.05) is 41.4 Å². The summed E-state index contributed by atoms with van der Waals surface area (Å²) in [5.41, 5.74) is 2.13. The summed E-state index contributed by atoms with van der Waals surface area (Å²) < 4.78 is 5.18. The van der Waals surface area contributed by atoms with E-state index in [1.807, 2.05) is 37.2 Å². The largest absolute Gasteiger partial charge is 0.448 e. The molecular formula is C23H23Cl2N3O3. The molecule has 0 spiro atoms. The highest BCUT2D eigenvalue weighted by molar-refractivity contribution is 6.35. The van der Waals surface area contributed by atoms with Crippen molar-refractivity contribution in [2.75, 3.05) is 19.0 Å². The summed E-state index contributed by atoms with van der Waals surface area (Å²) in [5.74, 6) is -1.39. The number of nitrogens with one attached hydrogen (secondary N) is 1. The average Bonchev–Trinajstić information content (AvgIpc) is 2.71. The highest BCUT2D eigenvalue weighted by Gasteiger charge is 2.23. The van der Waals surface area contributed by atoms with Crippen molar-refractivity contribution in [1.82, 2.24) is 5.32 Å². The van der Waals surface area contributed by atoms with E-state index >= 15 is 0 Å². The molecule has 0 aliphatic rings. The Bertz CT molecular complexity index is 1030. The topological polar surface area (TPSA) is 82.4 Å². The van der Waals surface area contributed by atoms with Crippen LogP contribution in [0.5, 0.6) is 0 Å². The number of hydrogen-bond acceptors (Lipinski definition) is 5. The molecule has 0 heterocycles. The Morgan fingerprint density at radius 1 is 1.13 bits per heavy atom. The standard InChI is InChI=1S/C23H23Cl2N3O3/c1-14(20-10-7-18(24)12-21(20)25)27-22(29)15(2)31-23(30)17(13-26)11-16-5-8-19(9-6-16)28(3)4/h5-12,14-15H,1-4H3,(H,27,29)/b17-11-/t14-,15-/m0/s1. The third kappa shape index (κ3) is 6.74. The first kappa shape index (κ1) is 24.3. The maximum Gasteiger partial charge on any atom is 0.349 e. The number of halogens is 2. The van der Waals surface area contributed by atoms with Crippen LogP contribution in [0.4, 0.5) is 5.69 Å². The molecule has 0 aliphatic heterocycles. The lowest BCUT2D eigenvalue weighted by atomic mass is 10.1. The summed E-state index contributed by atoms with van der Waals surface area (Å²) in [7, 11) is 3.83. The molecule has 1 amide bonds. The van der Waals surface area contributed by atoms with E-state index in [9.17, 15) is 14.9 Å². The monoisotopic (exact) mass is 459 g/mol. The molecule has 0 aliphatic carbocycles. The molecule has 2 aromatic rings. The third-order valence-corrected chi connectivity index (χ3v) is 5.06. The number of hydrogen-bond donors (Lipinski definition) is 1. The lowest BCUT2D eigenvalue weighted by Crippen LogP contribution is -2.37. The van der Waals surface area contributed by atoms with Gasteiger partial charge in [0.1, 0.15) is 11.6 Å². The molecule has 1 N–H and O–H groups in total. The van der Waals surface area contributed by atoms with Gasteiger partial charge >= 0.3 is 5.97 Å². The number of benzene rings is 2. The van der Waals surface area contributed by atoms with Gasteiger partial charge in [0.2, 0.25) is 0 Å². The Morgan fingerprint density at radius 2 is 1.77 bits per heavy atom. The van der Waals surface area contributed by atoms with E-state index < -0.39 is 24.0 Å². The van der Waals surface area contributed by atoms with E-state index in [0.717, 1.165) is 5.69 Å². The van der Waals surface area contributed by atoms with Crippen LogP contribution in [0.3, 0.4) is 0 Å². The van der Waals surface area contributed by atoms with Crippen molar-refractivity contribution >= 4 is 46.8 Å². The van der Waals surface area contributed by atoms with Crippen molar-refractivity contribution in [2.45, 2.75) is 26.0 Å². The second-order valence-corrected chi connectivity index (χ2v) is 7.94. The summed E-state index contributed by atoms with van der Waals surface area (Å²) in [6.45, 7) is 3.18. The van der Waals surface area contributed by atoms with Crippen molar-refractivity contribution in [1.29, 1.82) is 5.26 Å². The van der Waals surface area contributed by atoms with E-state index in [-0.39, 0.29) is 5.57 Å². The maximum absolute atomic E-state index is 12.4. The lowest BCUT2D eigenvalue weighted by Gasteiger charge is -2.19. The Balaban J connectivity index is 2.03. The molecule has 0 radical (unpaired) electrons. The van der Waals surface area contributed by atoms with E-state index in [2.05, 4.69) is 5.32 Å². The molecule has 0 saturated carbocycles. The van der Waals surface area contributed by atoms with E-state index in [1.165, 1.54) is 13.0 Å². The van der Waals surface area contributed by atoms with Crippen LogP contribution < -0.4 is 10.2 Å². The fourth-order valence-corrected chi connectivity index (χ4v) is 3.28. The summed E-state index contributed by atoms with van der Waals surface area (Å²) in [6, 6.07) is 13.7. The van der Waals surface area contributed by atoms with Crippen LogP contribution in [-0.2, 0) is 14.3 Å². The Hall–Kier alpha value is -3.01. The minimum absolute atomic E-state index is 0.203. The molecule has 31 heavy (non-hydrogen) atoms. The zero-order valence-electron chi connectivity index (χ0n) is 17.6. The molecule has 2 aromatic carbocycles. The van der Waals surface area contributed by atoms with Crippen molar-refractivity contribution in [3.63, 3.8) is 0 Å². The van der Waals surface area contributed by atoms with Crippen LogP contribution in [0.1, 0.15) is 31.0 Å². The van der Waals surface area contributed by atoms with Crippen LogP contribution in [-0.4, -0.2) is 32.1 Å². The molecule has 0 bridgehead atoms. The number of ether oxygens (including phenoxy) is 1. The summed E-state index contributed by atoms with van der Waals surface area (Å²) in [5, 5.41) is 13.0. The van der Waals surface area contributed by atoms with Crippen LogP contribution in [0.2, 0.25) is 10.0 Å². The van der Waals surface area contributed by atoms with Crippen molar-refractivity contribution in [2.24, 2.45) is 0 Å². The van der Waals surface area contributed by atoms with Crippen LogP contribution in [0, 0.1) is 11.3 Å². The second kappa shape index (κ2) is 10.9. The average molecular weight is 460 g/mol. The van der Waals surface area contributed by atoms with Gasteiger partial charge in [0.15, 0.2) is 6.10 Å². The SMILES string of the molecule is C[C@H](OC(=O)/C(C#N)=C\c1ccc(N(C)C)cc1)C(=O)N[C@@H](C)c1ccc(Cl)cc1Cl. The fraction of sp³-hybridized carbons (Fsp3) is 0.261. The Morgan fingerprint density at radius 3 is 2.32 bits per heavy atom. The number of amides is 1. The predicted octanol–water partition coefficient (Wildman–Crippen LogP) is 4.78. The molecular weight excluding hydrogens is 437 g/mol. The van der Waals surface area contributed by atoms with Gasteiger partial charge in [-0.25, -0.2) is 4.79 Å². The fourth-order valence-electron chi connectivity index (χ4n) is 2.71. The number of anilines is 1. The lowest BCUT2D eigenvalue weighted by molar-refractivity contribution is -0.151. The van der Waals surface area contributed by atoms with Crippen molar-refractivity contribution in [3.8, 4) is 6.07 Å². The highest BCUT2D eigenvalue weighted by atomic mass is 35.5. The van der Waals surface area contributed by atoms with Gasteiger partial charge in [-0.3, -0.25) is 4.79 Å². The smallest absolute Gasteiger partial charge is 0.349 e. The zero-order valence-corrected chi connectivity index (χ0v) is 19.2. The van der Waals surface area contributed by atoms with Crippen LogP contribution >= 0.6 is 23.2 Å². The molecule has 0 saturated heterocycles. The van der Waals surface area contributed by atoms with E-state index in [1.54, 1.807) is 37.3 Å². The van der Waals surface area contributed by atoms with Crippen molar-refractivity contribution < 1.29 is 14.3 Å². The summed E-state index contributed by atoms with van der Waals surface area (Å²) >= 11 is 12.1. The van der Waals surface area contributed by atoms with Gasteiger partial charge in [-0.05, 0) is 55.3 Å². The number of carbonyl (C=O) groups excluding carboxylic acids is 2. The highest BCUT2D eigenvalue weighted by Crippen LogP contribution is 2.26. The minimum Gasteiger partial charge on any atom is -0.448 e. The summed E-state index contributed by atoms with van der Waals surface area (Å²) in [6.07, 6.45) is 0.316. The number of carbonyl (C=O) groups is 2. The van der Waals surface area contributed by atoms with E-state index in [0.29, 0.717) is 21.2 Å². The first-order chi connectivity index (χ1) is 14.6. The van der Waals surface area contributed by atoms with Gasteiger partial charge in [0.25, 0.3) is 5.91 Å². The van der Waals surface area contributed by atoms with Crippen molar-refractivity contribution in [3.05, 3.63) is 69.2 Å². The molecule has 6 nitrogen and oxygen atoms in total. The van der Waals surface area contributed by atoms with Gasteiger partial charge in [0.05, 0.1) is 6.04 Å². The first-order valence-corrected chi connectivity index (χ1v) is 10.2. The molecule has 0 unspecified atom stereocenters. The molecule has 0 aromatic heterocycles. The number of nitrogens with zero attached hydrogens (tertiary/aromatic N) is 2. The number of rotatable bonds is 7. The Kier molecular flexibility index (Phi) is 8.49. The van der Waals surface area contributed by atoms with Gasteiger partial charge in [0, 0.05) is 29.8 Å². The van der Waals surface area contributed by atoms with Gasteiger partial charge in [-0.2, -0.15) is 5.26 Å². The predicted molar refractivity (Wildman–Crippen MR) is 123 cm³/mol. The molecule has 2 atom stereocenters. The molecule has 162 valence electrons. The third-order valence-electron chi connectivity index (χ3n) is 4.50. The van der Waals surface area contributed by atoms with Crippen LogP contribution in [0.25, 0.3) is 6.08 Å². The van der Waals surface area contributed by atoms with E-state index in [4.69, 9.17) is 27.9 Å². The number of esters is 1. The minimum atomic E-state index is -1.10. The quantitative estimate of drug-likeness (QED) is 0.366. The maximum atomic E-state index is 12.4.